The first-order chi connectivity index (χ1) is 4.13. The average Bonchev–Trinajstić information content (AvgIpc) is 1.63. The summed E-state index contributed by atoms with van der Waals surface area (Å²) >= 11 is 0.413. The molecule has 1 atom stereocenters. The van der Waals surface area contributed by atoms with E-state index in [2.05, 4.69) is 27.7 Å². The van der Waals surface area contributed by atoms with Crippen LogP contribution in [0.4, 0.5) is 0 Å². The molecule has 0 aliphatic heterocycles. The Labute approximate surface area is 66.1 Å². The van der Waals surface area contributed by atoms with E-state index in [1.807, 2.05) is 0 Å². The Balaban J connectivity index is 2.91. The number of rotatable bonds is 4. The zero-order chi connectivity index (χ0) is 7.28. The Morgan fingerprint density at radius 3 is 2.00 bits per heavy atom. The molecule has 9 heavy (non-hydrogen) atoms. The maximum atomic E-state index is 2.35. The van der Waals surface area contributed by atoms with Gasteiger partial charge >= 0.3 is 65.7 Å². The van der Waals surface area contributed by atoms with Gasteiger partial charge in [-0.2, -0.15) is 0 Å². The van der Waals surface area contributed by atoms with Gasteiger partial charge in [-0.25, -0.2) is 0 Å². The first-order valence-corrected chi connectivity index (χ1v) is 6.55. The molecule has 1 unspecified atom stereocenters. The van der Waals surface area contributed by atoms with Crippen LogP contribution < -0.4 is 0 Å². The Morgan fingerprint density at radius 1 is 1.11 bits per heavy atom. The van der Waals surface area contributed by atoms with Crippen LogP contribution in [-0.2, 0) is 0 Å². The molecule has 0 amide bonds. The summed E-state index contributed by atoms with van der Waals surface area (Å²) in [6.07, 6.45) is 1.46. The fraction of sp³-hybridized carbons (Fsp3) is 1.00. The molecule has 0 aromatic heterocycles. The molecule has 0 heterocycles. The van der Waals surface area contributed by atoms with Gasteiger partial charge in [0.25, 0.3) is 0 Å². The van der Waals surface area contributed by atoms with E-state index in [-0.39, 0.29) is 0 Å². The Bertz CT molecular complexity index is 49.6. The maximum absolute atomic E-state index is 2.35. The predicted molar refractivity (Wildman–Crippen MR) is 46.5 cm³/mol. The van der Waals surface area contributed by atoms with E-state index in [9.17, 15) is 0 Å². The summed E-state index contributed by atoms with van der Waals surface area (Å²) in [5.74, 6) is 0.924. The second-order valence-electron chi connectivity index (χ2n) is 3.29. The summed E-state index contributed by atoms with van der Waals surface area (Å²) in [6.45, 7) is 9.32. The van der Waals surface area contributed by atoms with Gasteiger partial charge in [-0.3, -0.25) is 0 Å². The summed E-state index contributed by atoms with van der Waals surface area (Å²) < 4.78 is 1.02. The minimum atomic E-state index is 0.413. The van der Waals surface area contributed by atoms with Crippen molar-refractivity contribution in [3.05, 3.63) is 0 Å². The molecular formula is C8H19As. The van der Waals surface area contributed by atoms with Crippen molar-refractivity contribution in [1.29, 1.82) is 0 Å². The third-order valence-electron chi connectivity index (χ3n) is 1.27. The van der Waals surface area contributed by atoms with Crippen LogP contribution in [0.5, 0.6) is 0 Å². The van der Waals surface area contributed by atoms with Crippen molar-refractivity contribution in [3.8, 4) is 0 Å². The molecule has 0 radical (unpaired) electrons. The quantitative estimate of drug-likeness (QED) is 0.598. The normalized spacial score (nSPS) is 12.7. The van der Waals surface area contributed by atoms with E-state index in [0.717, 1.165) is 10.6 Å². The van der Waals surface area contributed by atoms with Gasteiger partial charge in [-0.15, -0.1) is 0 Å². The molecule has 0 aromatic rings. The molecule has 56 valence electrons. The van der Waals surface area contributed by atoms with Crippen LogP contribution in [0.15, 0.2) is 0 Å². The standard InChI is InChI=1S/C8H19As/c1-7(2)5-6-9-8(3)4/h7-9H,5-6H2,1-4H3. The number of hydrogen-bond donors (Lipinski definition) is 0. The van der Waals surface area contributed by atoms with E-state index in [0.29, 0.717) is 15.8 Å². The van der Waals surface area contributed by atoms with E-state index in [1.54, 1.807) is 0 Å². The van der Waals surface area contributed by atoms with Crippen LogP contribution in [0.1, 0.15) is 34.1 Å². The van der Waals surface area contributed by atoms with Crippen LogP contribution in [0.3, 0.4) is 0 Å². The van der Waals surface area contributed by atoms with E-state index in [1.165, 1.54) is 11.6 Å². The summed E-state index contributed by atoms with van der Waals surface area (Å²) in [5.41, 5.74) is 0. The Kier molecular flexibility index (Phi) is 5.68. The molecule has 1 heteroatoms. The van der Waals surface area contributed by atoms with Gasteiger partial charge in [0.05, 0.1) is 0 Å². The third kappa shape index (κ3) is 8.56. The van der Waals surface area contributed by atoms with Crippen LogP contribution in [0, 0.1) is 5.92 Å². The Morgan fingerprint density at radius 2 is 1.67 bits per heavy atom. The van der Waals surface area contributed by atoms with Gasteiger partial charge in [-0.05, 0) is 0 Å². The predicted octanol–water partition coefficient (Wildman–Crippen LogP) is 2.72. The van der Waals surface area contributed by atoms with Crippen molar-refractivity contribution in [2.24, 2.45) is 5.92 Å². The monoisotopic (exact) mass is 190 g/mol. The summed E-state index contributed by atoms with van der Waals surface area (Å²) in [4.78, 5) is 0. The molecule has 0 aliphatic carbocycles. The Hall–Kier alpha value is 0.558. The van der Waals surface area contributed by atoms with Crippen LogP contribution in [0.2, 0.25) is 9.91 Å². The summed E-state index contributed by atoms with van der Waals surface area (Å²) in [6, 6.07) is 0. The number of hydrogen-bond acceptors (Lipinski definition) is 0. The zero-order valence-corrected chi connectivity index (χ0v) is 9.17. The molecule has 0 rings (SSSR count). The summed E-state index contributed by atoms with van der Waals surface area (Å²) in [7, 11) is 0. The molecule has 0 spiro atoms. The molecule has 0 bridgehead atoms. The van der Waals surface area contributed by atoms with Gasteiger partial charge in [0.1, 0.15) is 0 Å². The average molecular weight is 190 g/mol. The van der Waals surface area contributed by atoms with Crippen LogP contribution >= 0.6 is 0 Å². The minimum absolute atomic E-state index is 0.413. The van der Waals surface area contributed by atoms with Crippen molar-refractivity contribution in [2.75, 3.05) is 0 Å². The molecule has 0 saturated heterocycles. The van der Waals surface area contributed by atoms with Crippen LogP contribution in [-0.4, -0.2) is 15.8 Å². The van der Waals surface area contributed by atoms with E-state index in [4.69, 9.17) is 0 Å². The van der Waals surface area contributed by atoms with Gasteiger partial charge in [0, 0.05) is 0 Å². The zero-order valence-electron chi connectivity index (χ0n) is 7.07. The van der Waals surface area contributed by atoms with Gasteiger partial charge in [-0.1, -0.05) is 0 Å². The van der Waals surface area contributed by atoms with Crippen molar-refractivity contribution >= 4 is 15.8 Å². The van der Waals surface area contributed by atoms with E-state index < -0.39 is 0 Å². The molecule has 0 saturated carbocycles. The van der Waals surface area contributed by atoms with Gasteiger partial charge < -0.3 is 0 Å². The molecule has 0 aliphatic rings. The van der Waals surface area contributed by atoms with Crippen molar-refractivity contribution in [2.45, 2.75) is 44.0 Å². The second kappa shape index (κ2) is 5.35. The fourth-order valence-corrected chi connectivity index (χ4v) is 3.43. The fourth-order valence-electron chi connectivity index (χ4n) is 0.661. The summed E-state index contributed by atoms with van der Waals surface area (Å²) in [5, 5.41) is 1.54. The molecule has 0 aromatic carbocycles. The molecule has 0 nitrogen and oxygen atoms in total. The van der Waals surface area contributed by atoms with Crippen molar-refractivity contribution in [1.82, 2.24) is 0 Å². The first kappa shape index (κ1) is 9.56. The first-order valence-electron chi connectivity index (χ1n) is 3.86. The second-order valence-corrected chi connectivity index (χ2v) is 7.62. The van der Waals surface area contributed by atoms with Crippen molar-refractivity contribution in [3.63, 3.8) is 0 Å². The van der Waals surface area contributed by atoms with Crippen LogP contribution in [0.25, 0.3) is 0 Å². The molecular weight excluding hydrogens is 171 g/mol. The molecule has 0 fully saturated rings. The topological polar surface area (TPSA) is 0 Å². The van der Waals surface area contributed by atoms with Gasteiger partial charge in [0.2, 0.25) is 0 Å². The van der Waals surface area contributed by atoms with E-state index >= 15 is 0 Å². The SMILES string of the molecule is CC(C)CC[AsH]C(C)C. The molecule has 0 N–H and O–H groups in total. The third-order valence-corrected chi connectivity index (χ3v) is 4.20. The van der Waals surface area contributed by atoms with Gasteiger partial charge in [0.15, 0.2) is 0 Å². The van der Waals surface area contributed by atoms with Crippen molar-refractivity contribution < 1.29 is 0 Å².